The van der Waals surface area contributed by atoms with Gasteiger partial charge in [-0.15, -0.1) is 0 Å². The van der Waals surface area contributed by atoms with Crippen molar-refractivity contribution in [2.75, 3.05) is 19.8 Å². The highest BCUT2D eigenvalue weighted by molar-refractivity contribution is 5.57. The molecule has 4 heteroatoms. The Hall–Kier alpha value is -1.03. The summed E-state index contributed by atoms with van der Waals surface area (Å²) in [7, 11) is 0. The van der Waals surface area contributed by atoms with Gasteiger partial charge >= 0.3 is 6.09 Å². The van der Waals surface area contributed by atoms with E-state index in [1.807, 2.05) is 18.0 Å². The first-order chi connectivity index (χ1) is 6.64. The number of rotatable bonds is 4. The van der Waals surface area contributed by atoms with Crippen LogP contribution in [0.25, 0.3) is 0 Å². The monoisotopic (exact) mass is 199 g/mol. The van der Waals surface area contributed by atoms with Crippen LogP contribution in [0.3, 0.4) is 0 Å². The average molecular weight is 199 g/mol. The van der Waals surface area contributed by atoms with Crippen LogP contribution >= 0.6 is 0 Å². The Morgan fingerprint density at radius 3 is 2.71 bits per heavy atom. The molecule has 0 spiro atoms. The highest BCUT2D eigenvalue weighted by Crippen LogP contribution is 2.19. The summed E-state index contributed by atoms with van der Waals surface area (Å²) in [6, 6.07) is 0. The number of carbonyl (C=O) groups is 1. The second-order valence-corrected chi connectivity index (χ2v) is 3.74. The minimum atomic E-state index is -0.745. The van der Waals surface area contributed by atoms with Gasteiger partial charge in [-0.1, -0.05) is 13.3 Å². The van der Waals surface area contributed by atoms with Crippen molar-refractivity contribution in [3.8, 4) is 0 Å². The molecule has 0 saturated heterocycles. The molecule has 0 aromatic heterocycles. The molecule has 1 heterocycles. The van der Waals surface area contributed by atoms with Crippen molar-refractivity contribution in [3.05, 3.63) is 12.4 Å². The fourth-order valence-corrected chi connectivity index (χ4v) is 1.65. The Kier molecular flexibility index (Phi) is 3.52. The van der Waals surface area contributed by atoms with Gasteiger partial charge in [-0.3, -0.25) is 0 Å². The highest BCUT2D eigenvalue weighted by atomic mass is 16.4. The molecule has 0 fully saturated rings. The van der Waals surface area contributed by atoms with Crippen LogP contribution in [0, 0.1) is 0 Å². The molecule has 0 aliphatic carbocycles. The number of amides is 1. The van der Waals surface area contributed by atoms with Gasteiger partial charge in [-0.25, -0.2) is 0 Å². The second-order valence-electron chi connectivity index (χ2n) is 3.74. The molecule has 0 bridgehead atoms. The molecule has 1 N–H and O–H groups in total. The molecule has 1 unspecified atom stereocenters. The second kappa shape index (κ2) is 4.46. The smallest absolute Gasteiger partial charge is 0.435 e. The van der Waals surface area contributed by atoms with Gasteiger partial charge in [-0.05, 0) is 13.3 Å². The van der Waals surface area contributed by atoms with Gasteiger partial charge in [0.2, 0.25) is 0 Å². The lowest BCUT2D eigenvalue weighted by molar-refractivity contribution is -0.808. The molecule has 14 heavy (non-hydrogen) atoms. The van der Waals surface area contributed by atoms with Crippen molar-refractivity contribution in [2.24, 2.45) is 0 Å². The van der Waals surface area contributed by atoms with E-state index in [0.717, 1.165) is 19.4 Å². The number of nitrogens with zero attached hydrogens (tertiary/aromatic N) is 2. The molecule has 1 amide bonds. The minimum absolute atomic E-state index is 0.0711. The standard InChI is InChI=1S/C10H18N2O2/c1-3-5-7-12(10(13)14)8-6-11(4-2)9-12/h6,8H,3-5,7,9H2,1-2H3/p+1. The molecule has 80 valence electrons. The van der Waals surface area contributed by atoms with Gasteiger partial charge in [0, 0.05) is 6.54 Å². The lowest BCUT2D eigenvalue weighted by atomic mass is 10.3. The van der Waals surface area contributed by atoms with Crippen molar-refractivity contribution in [3.63, 3.8) is 0 Å². The van der Waals surface area contributed by atoms with E-state index in [1.54, 1.807) is 6.20 Å². The first-order valence-electron chi connectivity index (χ1n) is 5.18. The number of hydrogen-bond donors (Lipinski definition) is 1. The van der Waals surface area contributed by atoms with E-state index in [4.69, 9.17) is 0 Å². The maximum atomic E-state index is 11.2. The Morgan fingerprint density at radius 2 is 2.29 bits per heavy atom. The van der Waals surface area contributed by atoms with E-state index in [-0.39, 0.29) is 4.48 Å². The van der Waals surface area contributed by atoms with Crippen molar-refractivity contribution in [2.45, 2.75) is 26.7 Å². The zero-order valence-electron chi connectivity index (χ0n) is 8.94. The molecule has 0 aromatic carbocycles. The third-order valence-electron chi connectivity index (χ3n) is 2.69. The van der Waals surface area contributed by atoms with Gasteiger partial charge < -0.3 is 10.0 Å². The Labute approximate surface area is 85.0 Å². The number of quaternary nitrogens is 1. The molecule has 0 aromatic rings. The predicted octanol–water partition coefficient (Wildman–Crippen LogP) is 2.05. The lowest BCUT2D eigenvalue weighted by Crippen LogP contribution is -2.49. The van der Waals surface area contributed by atoms with Crippen molar-refractivity contribution in [1.29, 1.82) is 0 Å². The third kappa shape index (κ3) is 2.07. The highest BCUT2D eigenvalue weighted by Gasteiger charge is 2.39. The summed E-state index contributed by atoms with van der Waals surface area (Å²) < 4.78 is 0.0711. The first-order valence-corrected chi connectivity index (χ1v) is 5.18. The molecule has 1 atom stereocenters. The largest absolute Gasteiger partial charge is 0.519 e. The molecule has 1 aliphatic heterocycles. The average Bonchev–Trinajstić information content (AvgIpc) is 2.59. The topological polar surface area (TPSA) is 40.5 Å². The minimum Gasteiger partial charge on any atom is -0.435 e. The normalized spacial score (nSPS) is 25.7. The molecular weight excluding hydrogens is 180 g/mol. The van der Waals surface area contributed by atoms with Crippen molar-refractivity contribution >= 4 is 6.09 Å². The van der Waals surface area contributed by atoms with Crippen LogP contribution < -0.4 is 0 Å². The van der Waals surface area contributed by atoms with E-state index in [0.29, 0.717) is 13.2 Å². The molecule has 4 nitrogen and oxygen atoms in total. The number of carboxylic acid groups (broad SMARTS) is 1. The first kappa shape index (κ1) is 11.0. The summed E-state index contributed by atoms with van der Waals surface area (Å²) in [6.45, 7) is 6.25. The van der Waals surface area contributed by atoms with Crippen LogP contribution in [-0.4, -0.2) is 40.3 Å². The Morgan fingerprint density at radius 1 is 1.57 bits per heavy atom. The predicted molar refractivity (Wildman–Crippen MR) is 54.4 cm³/mol. The van der Waals surface area contributed by atoms with Gasteiger partial charge in [0.05, 0.1) is 12.7 Å². The summed E-state index contributed by atoms with van der Waals surface area (Å²) >= 11 is 0. The number of hydrogen-bond acceptors (Lipinski definition) is 2. The summed E-state index contributed by atoms with van der Waals surface area (Å²) in [6.07, 6.45) is 4.93. The van der Waals surface area contributed by atoms with Crippen LogP contribution in [0.1, 0.15) is 26.7 Å². The molecular formula is C10H19N2O2+. The molecule has 0 saturated carbocycles. The van der Waals surface area contributed by atoms with E-state index in [9.17, 15) is 9.90 Å². The van der Waals surface area contributed by atoms with Crippen LogP contribution in [0.4, 0.5) is 4.79 Å². The molecule has 0 radical (unpaired) electrons. The fraction of sp³-hybridized carbons (Fsp3) is 0.700. The van der Waals surface area contributed by atoms with Crippen LogP contribution in [0.15, 0.2) is 12.4 Å². The summed E-state index contributed by atoms with van der Waals surface area (Å²) in [5.74, 6) is 0. The van der Waals surface area contributed by atoms with E-state index in [1.165, 1.54) is 0 Å². The van der Waals surface area contributed by atoms with E-state index >= 15 is 0 Å². The Bertz CT molecular complexity index is 240. The lowest BCUT2D eigenvalue weighted by Gasteiger charge is -2.26. The maximum absolute atomic E-state index is 11.2. The van der Waals surface area contributed by atoms with Crippen molar-refractivity contribution < 1.29 is 14.4 Å². The zero-order chi connectivity index (χ0) is 10.6. The number of unbranched alkanes of at least 4 members (excludes halogenated alkanes) is 1. The van der Waals surface area contributed by atoms with Gasteiger partial charge in [-0.2, -0.15) is 9.28 Å². The third-order valence-corrected chi connectivity index (χ3v) is 2.69. The van der Waals surface area contributed by atoms with Crippen molar-refractivity contribution in [1.82, 2.24) is 4.90 Å². The Balaban J connectivity index is 2.66. The SMILES string of the molecule is CCCC[N+]1(C(=O)O)C=CN(CC)C1. The van der Waals surface area contributed by atoms with Gasteiger partial charge in [0.15, 0.2) is 6.67 Å². The molecule has 1 aliphatic rings. The van der Waals surface area contributed by atoms with E-state index < -0.39 is 6.09 Å². The summed E-state index contributed by atoms with van der Waals surface area (Å²) in [5.41, 5.74) is 0. The zero-order valence-corrected chi connectivity index (χ0v) is 8.94. The summed E-state index contributed by atoms with van der Waals surface area (Å²) in [5, 5.41) is 9.20. The van der Waals surface area contributed by atoms with Gasteiger partial charge in [0.1, 0.15) is 6.20 Å². The van der Waals surface area contributed by atoms with E-state index in [2.05, 4.69) is 6.92 Å². The van der Waals surface area contributed by atoms with Crippen LogP contribution in [0.5, 0.6) is 0 Å². The quantitative estimate of drug-likeness (QED) is 0.704. The molecule has 1 rings (SSSR count). The fourth-order valence-electron chi connectivity index (χ4n) is 1.65. The maximum Gasteiger partial charge on any atom is 0.519 e. The van der Waals surface area contributed by atoms with Crippen LogP contribution in [-0.2, 0) is 0 Å². The summed E-state index contributed by atoms with van der Waals surface area (Å²) in [4.78, 5) is 13.2. The van der Waals surface area contributed by atoms with Gasteiger partial charge in [0.25, 0.3) is 0 Å². The van der Waals surface area contributed by atoms with Crippen LogP contribution in [0.2, 0.25) is 0 Å².